The molecule has 0 saturated heterocycles. The van der Waals surface area contributed by atoms with Crippen LogP contribution in [-0.2, 0) is 11.2 Å². The van der Waals surface area contributed by atoms with E-state index in [1.54, 1.807) is 0 Å². The van der Waals surface area contributed by atoms with E-state index in [0.717, 1.165) is 20.5 Å². The maximum atomic E-state index is 12.1. The van der Waals surface area contributed by atoms with Gasteiger partial charge in [-0.1, -0.05) is 67.6 Å². The number of hydrogen-bond acceptors (Lipinski definition) is 4. The molecule has 138 valence electrons. The van der Waals surface area contributed by atoms with Crippen molar-refractivity contribution in [1.82, 2.24) is 9.97 Å². The second-order valence-electron chi connectivity index (χ2n) is 5.99. The first-order valence-corrected chi connectivity index (χ1v) is 9.69. The Balaban J connectivity index is 2.04. The number of halogens is 1. The minimum absolute atomic E-state index is 0.0861. The van der Waals surface area contributed by atoms with Crippen LogP contribution in [0, 0.1) is 3.70 Å². The first kappa shape index (κ1) is 19.3. The van der Waals surface area contributed by atoms with E-state index in [2.05, 4.69) is 32.6 Å². The van der Waals surface area contributed by atoms with Crippen LogP contribution in [0.5, 0.6) is 6.01 Å². The summed E-state index contributed by atoms with van der Waals surface area (Å²) in [4.78, 5) is 20.8. The topological polar surface area (TPSA) is 72.3 Å². The minimum Gasteiger partial charge on any atom is -0.478 e. The van der Waals surface area contributed by atoms with Gasteiger partial charge in [-0.25, -0.2) is 9.78 Å². The molecule has 0 radical (unpaired) electrons. The van der Waals surface area contributed by atoms with Gasteiger partial charge in [0.15, 0.2) is 0 Å². The number of hydrogen-bond donors (Lipinski definition) is 1. The first-order chi connectivity index (χ1) is 13.1. The van der Waals surface area contributed by atoms with Gasteiger partial charge in [0.1, 0.15) is 3.70 Å². The van der Waals surface area contributed by atoms with E-state index in [4.69, 9.17) is 4.74 Å². The van der Waals surface area contributed by atoms with Gasteiger partial charge in [-0.2, -0.15) is 4.98 Å². The predicted octanol–water partition coefficient (Wildman–Crippen LogP) is 4.31. The Kier molecular flexibility index (Phi) is 6.39. The zero-order valence-corrected chi connectivity index (χ0v) is 16.9. The van der Waals surface area contributed by atoms with Crippen LogP contribution in [0.25, 0.3) is 0 Å². The molecule has 1 aromatic heterocycles. The molecule has 2 aromatic carbocycles. The van der Waals surface area contributed by atoms with Crippen molar-refractivity contribution in [2.24, 2.45) is 0 Å². The fourth-order valence-corrected chi connectivity index (χ4v) is 3.48. The molecule has 3 aromatic rings. The molecule has 1 N–H and O–H groups in total. The molecule has 0 aliphatic carbocycles. The highest BCUT2D eigenvalue weighted by molar-refractivity contribution is 14.1. The summed E-state index contributed by atoms with van der Waals surface area (Å²) in [5, 5.41) is 9.94. The molecule has 0 amide bonds. The standard InChI is InChI=1S/C21H19IN2O3/c1-2-16-13-17(22)24-21(23-16)27-19(20(25)26)18(14-9-5-3-6-10-14)15-11-7-4-8-12-15/h3-13,18-19H,2H2,1H3,(H,25,26). The second-order valence-corrected chi connectivity index (χ2v) is 7.10. The molecular weight excluding hydrogens is 455 g/mol. The van der Waals surface area contributed by atoms with Crippen LogP contribution in [0.1, 0.15) is 29.7 Å². The third kappa shape index (κ3) is 4.82. The van der Waals surface area contributed by atoms with Gasteiger partial charge >= 0.3 is 12.0 Å². The Hall–Kier alpha value is -2.48. The Morgan fingerprint density at radius 3 is 2.07 bits per heavy atom. The lowest BCUT2D eigenvalue weighted by atomic mass is 9.86. The van der Waals surface area contributed by atoms with Gasteiger partial charge in [-0.3, -0.25) is 0 Å². The number of aromatic nitrogens is 2. The van der Waals surface area contributed by atoms with E-state index in [9.17, 15) is 9.90 Å². The van der Waals surface area contributed by atoms with E-state index in [-0.39, 0.29) is 6.01 Å². The molecule has 6 heteroatoms. The summed E-state index contributed by atoms with van der Waals surface area (Å²) in [6.45, 7) is 1.98. The van der Waals surface area contributed by atoms with Crippen molar-refractivity contribution in [2.45, 2.75) is 25.4 Å². The van der Waals surface area contributed by atoms with Gasteiger partial charge in [0.2, 0.25) is 6.10 Å². The second kappa shape index (κ2) is 8.94. The van der Waals surface area contributed by atoms with E-state index in [1.165, 1.54) is 0 Å². The summed E-state index contributed by atoms with van der Waals surface area (Å²) in [5.41, 5.74) is 2.53. The lowest BCUT2D eigenvalue weighted by molar-refractivity contribution is -0.146. The van der Waals surface area contributed by atoms with Crippen LogP contribution in [0.3, 0.4) is 0 Å². The summed E-state index contributed by atoms with van der Waals surface area (Å²) >= 11 is 2.08. The van der Waals surface area contributed by atoms with Gasteiger partial charge in [-0.05, 0) is 46.2 Å². The smallest absolute Gasteiger partial charge is 0.346 e. The zero-order chi connectivity index (χ0) is 19.2. The maximum absolute atomic E-state index is 12.1. The third-order valence-corrected chi connectivity index (χ3v) is 4.74. The molecule has 1 unspecified atom stereocenters. The first-order valence-electron chi connectivity index (χ1n) is 8.61. The summed E-state index contributed by atoms with van der Waals surface area (Å²) in [6, 6.07) is 20.9. The van der Waals surface area contributed by atoms with Crippen molar-refractivity contribution in [3.8, 4) is 6.01 Å². The molecule has 3 rings (SSSR count). The number of carboxylic acids is 1. The summed E-state index contributed by atoms with van der Waals surface area (Å²) in [6.07, 6.45) is -0.439. The monoisotopic (exact) mass is 474 g/mol. The Morgan fingerprint density at radius 2 is 1.59 bits per heavy atom. The largest absolute Gasteiger partial charge is 0.478 e. The average Bonchev–Trinajstić information content (AvgIpc) is 2.68. The predicted molar refractivity (Wildman–Crippen MR) is 111 cm³/mol. The van der Waals surface area contributed by atoms with Gasteiger partial charge < -0.3 is 9.84 Å². The van der Waals surface area contributed by atoms with Crippen LogP contribution in [0.2, 0.25) is 0 Å². The van der Waals surface area contributed by atoms with Crippen molar-refractivity contribution in [3.63, 3.8) is 0 Å². The summed E-state index contributed by atoms with van der Waals surface area (Å²) in [5.74, 6) is -1.55. The van der Waals surface area contributed by atoms with Crippen molar-refractivity contribution >= 4 is 28.6 Å². The SMILES string of the molecule is CCc1cc(I)nc(OC(C(=O)O)C(c2ccccc2)c2ccccc2)n1. The van der Waals surface area contributed by atoms with Crippen LogP contribution in [-0.4, -0.2) is 27.1 Å². The van der Waals surface area contributed by atoms with E-state index in [0.29, 0.717) is 6.42 Å². The zero-order valence-electron chi connectivity index (χ0n) is 14.7. The number of ether oxygens (including phenoxy) is 1. The minimum atomic E-state index is -1.15. The fraction of sp³-hybridized carbons (Fsp3) is 0.190. The molecule has 5 nitrogen and oxygen atoms in total. The van der Waals surface area contributed by atoms with Gasteiger partial charge in [0.25, 0.3) is 0 Å². The average molecular weight is 474 g/mol. The van der Waals surface area contributed by atoms with E-state index in [1.807, 2.05) is 73.7 Å². The maximum Gasteiger partial charge on any atom is 0.346 e. The number of carbonyl (C=O) groups is 1. The lowest BCUT2D eigenvalue weighted by Crippen LogP contribution is -2.35. The Bertz CT molecular complexity index is 864. The molecule has 1 heterocycles. The van der Waals surface area contributed by atoms with Crippen LogP contribution < -0.4 is 4.74 Å². The van der Waals surface area contributed by atoms with Gasteiger partial charge in [0, 0.05) is 5.69 Å². The number of rotatable bonds is 7. The molecule has 0 aliphatic rings. The Labute approximate surface area is 171 Å². The number of nitrogens with zero attached hydrogens (tertiary/aromatic N) is 2. The van der Waals surface area contributed by atoms with Crippen molar-refractivity contribution in [3.05, 3.63) is 87.3 Å². The Morgan fingerprint density at radius 1 is 1.04 bits per heavy atom. The lowest BCUT2D eigenvalue weighted by Gasteiger charge is -2.25. The molecule has 27 heavy (non-hydrogen) atoms. The number of carboxylic acid groups (broad SMARTS) is 1. The molecular formula is C21H19IN2O3. The molecule has 0 aliphatic heterocycles. The highest BCUT2D eigenvalue weighted by atomic mass is 127. The highest BCUT2D eigenvalue weighted by Gasteiger charge is 2.33. The van der Waals surface area contributed by atoms with Crippen LogP contribution in [0.4, 0.5) is 0 Å². The quantitative estimate of drug-likeness (QED) is 0.408. The summed E-state index contributed by atoms with van der Waals surface area (Å²) in [7, 11) is 0. The molecule has 0 spiro atoms. The van der Waals surface area contributed by atoms with E-state index < -0.39 is 18.0 Å². The molecule has 0 bridgehead atoms. The van der Waals surface area contributed by atoms with Crippen molar-refractivity contribution in [1.29, 1.82) is 0 Å². The van der Waals surface area contributed by atoms with Crippen molar-refractivity contribution < 1.29 is 14.6 Å². The van der Waals surface area contributed by atoms with Crippen LogP contribution >= 0.6 is 22.6 Å². The number of aryl methyl sites for hydroxylation is 1. The van der Waals surface area contributed by atoms with Gasteiger partial charge in [0.05, 0.1) is 5.92 Å². The normalized spacial score (nSPS) is 12.0. The highest BCUT2D eigenvalue weighted by Crippen LogP contribution is 2.30. The van der Waals surface area contributed by atoms with E-state index >= 15 is 0 Å². The third-order valence-electron chi connectivity index (χ3n) is 4.19. The molecule has 0 fully saturated rings. The fourth-order valence-electron chi connectivity index (χ4n) is 2.91. The van der Waals surface area contributed by atoms with Crippen LogP contribution in [0.15, 0.2) is 66.7 Å². The molecule has 0 saturated carbocycles. The van der Waals surface area contributed by atoms with Crippen molar-refractivity contribution in [2.75, 3.05) is 0 Å². The number of aliphatic carboxylic acids is 1. The summed E-state index contributed by atoms with van der Waals surface area (Å²) < 4.78 is 6.56. The molecule has 1 atom stereocenters. The van der Waals surface area contributed by atoms with Gasteiger partial charge in [-0.15, -0.1) is 0 Å². The number of benzene rings is 2.